The van der Waals surface area contributed by atoms with Gasteiger partial charge in [-0.3, -0.25) is 4.79 Å². The first-order valence-electron chi connectivity index (χ1n) is 4.49. The van der Waals surface area contributed by atoms with E-state index in [0.717, 1.165) is 6.07 Å². The Morgan fingerprint density at radius 3 is 2.94 bits per heavy atom. The first-order chi connectivity index (χ1) is 7.54. The lowest BCUT2D eigenvalue weighted by Crippen LogP contribution is -2.35. The molecule has 1 rings (SSSR count). The van der Waals surface area contributed by atoms with E-state index in [0.29, 0.717) is 0 Å². The summed E-state index contributed by atoms with van der Waals surface area (Å²) in [4.78, 5) is 11.4. The summed E-state index contributed by atoms with van der Waals surface area (Å²) < 4.78 is 13.3. The van der Waals surface area contributed by atoms with Crippen molar-refractivity contribution in [2.75, 3.05) is 5.32 Å². The van der Waals surface area contributed by atoms with Crippen LogP contribution in [0.1, 0.15) is 6.42 Å². The molecule has 3 N–H and O–H groups in total. The number of benzene rings is 1. The maximum absolute atomic E-state index is 13.3. The molecule has 1 aromatic rings. The van der Waals surface area contributed by atoms with E-state index in [2.05, 4.69) is 11.2 Å². The summed E-state index contributed by atoms with van der Waals surface area (Å²) >= 11 is 5.56. The van der Waals surface area contributed by atoms with Gasteiger partial charge in [0.2, 0.25) is 5.91 Å². The maximum atomic E-state index is 13.3. The molecule has 0 fully saturated rings. The summed E-state index contributed by atoms with van der Waals surface area (Å²) in [7, 11) is 0. The van der Waals surface area contributed by atoms with Crippen molar-refractivity contribution in [3.8, 4) is 12.3 Å². The molecule has 0 spiro atoms. The Bertz CT molecular complexity index is 442. The van der Waals surface area contributed by atoms with Gasteiger partial charge in [0.05, 0.1) is 11.7 Å². The number of rotatable bonds is 3. The molecule has 1 amide bonds. The number of nitrogens with two attached hydrogens (primary N) is 1. The fraction of sp³-hybridized carbons (Fsp3) is 0.182. The second-order valence-electron chi connectivity index (χ2n) is 3.13. The number of nitrogens with one attached hydrogen (secondary N) is 1. The molecule has 0 saturated heterocycles. The molecular formula is C11H10ClFN2O. The van der Waals surface area contributed by atoms with Crippen molar-refractivity contribution >= 4 is 23.2 Å². The Morgan fingerprint density at radius 1 is 1.69 bits per heavy atom. The van der Waals surface area contributed by atoms with Gasteiger partial charge in [-0.15, -0.1) is 12.3 Å². The van der Waals surface area contributed by atoms with E-state index in [1.54, 1.807) is 0 Å². The van der Waals surface area contributed by atoms with Crippen molar-refractivity contribution in [2.24, 2.45) is 5.73 Å². The quantitative estimate of drug-likeness (QED) is 0.792. The highest BCUT2D eigenvalue weighted by Crippen LogP contribution is 2.18. The standard InChI is InChI=1S/C11H10ClFN2O/c1-2-3-9(14)11(16)15-10-5-4-7(12)6-8(10)13/h1,4-6,9H,3,14H2,(H,15,16). The van der Waals surface area contributed by atoms with Crippen LogP contribution in [0.5, 0.6) is 0 Å². The van der Waals surface area contributed by atoms with Gasteiger partial charge in [-0.05, 0) is 18.2 Å². The van der Waals surface area contributed by atoms with Gasteiger partial charge in [-0.1, -0.05) is 11.6 Å². The molecule has 0 saturated carbocycles. The molecule has 0 aliphatic rings. The third-order valence-corrected chi connectivity index (χ3v) is 2.10. The van der Waals surface area contributed by atoms with Crippen LogP contribution in [0.25, 0.3) is 0 Å². The van der Waals surface area contributed by atoms with Gasteiger partial charge >= 0.3 is 0 Å². The normalized spacial score (nSPS) is 11.6. The monoisotopic (exact) mass is 240 g/mol. The van der Waals surface area contributed by atoms with Crippen LogP contribution in [0.4, 0.5) is 10.1 Å². The summed E-state index contributed by atoms with van der Waals surface area (Å²) in [6.45, 7) is 0. The minimum Gasteiger partial charge on any atom is -0.322 e. The number of carbonyl (C=O) groups excluding carboxylic acids is 1. The van der Waals surface area contributed by atoms with E-state index in [1.165, 1.54) is 12.1 Å². The van der Waals surface area contributed by atoms with Crippen LogP contribution in [0.15, 0.2) is 18.2 Å². The van der Waals surface area contributed by atoms with Crippen LogP contribution in [0, 0.1) is 18.2 Å². The summed E-state index contributed by atoms with van der Waals surface area (Å²) in [5.41, 5.74) is 5.48. The van der Waals surface area contributed by atoms with E-state index < -0.39 is 17.8 Å². The van der Waals surface area contributed by atoms with E-state index in [4.69, 9.17) is 23.8 Å². The Kier molecular flexibility index (Phi) is 4.29. The fourth-order valence-corrected chi connectivity index (χ4v) is 1.19. The summed E-state index contributed by atoms with van der Waals surface area (Å²) in [5.74, 6) is 1.11. The average Bonchev–Trinajstić information content (AvgIpc) is 2.22. The minimum absolute atomic E-state index is 0.0295. The van der Waals surface area contributed by atoms with Gasteiger partial charge in [-0.2, -0.15) is 0 Å². The van der Waals surface area contributed by atoms with Crippen molar-refractivity contribution in [3.63, 3.8) is 0 Å². The number of hydrogen-bond donors (Lipinski definition) is 2. The Morgan fingerprint density at radius 2 is 2.38 bits per heavy atom. The highest BCUT2D eigenvalue weighted by Gasteiger charge is 2.14. The smallest absolute Gasteiger partial charge is 0.242 e. The fourth-order valence-electron chi connectivity index (χ4n) is 1.04. The molecule has 0 bridgehead atoms. The molecule has 0 aliphatic heterocycles. The van der Waals surface area contributed by atoms with Crippen molar-refractivity contribution in [1.82, 2.24) is 0 Å². The topological polar surface area (TPSA) is 55.1 Å². The van der Waals surface area contributed by atoms with Gasteiger partial charge in [0.1, 0.15) is 5.82 Å². The van der Waals surface area contributed by atoms with Crippen molar-refractivity contribution in [1.29, 1.82) is 0 Å². The number of carbonyl (C=O) groups is 1. The Labute approximate surface area is 97.8 Å². The SMILES string of the molecule is C#CCC(N)C(=O)Nc1ccc(Cl)cc1F. The van der Waals surface area contributed by atoms with Gasteiger partial charge in [0.25, 0.3) is 0 Å². The highest BCUT2D eigenvalue weighted by atomic mass is 35.5. The molecule has 84 valence electrons. The van der Waals surface area contributed by atoms with Crippen molar-refractivity contribution in [2.45, 2.75) is 12.5 Å². The van der Waals surface area contributed by atoms with Gasteiger partial charge < -0.3 is 11.1 Å². The van der Waals surface area contributed by atoms with E-state index in [-0.39, 0.29) is 17.1 Å². The summed E-state index contributed by atoms with van der Waals surface area (Å²) in [6, 6.07) is 3.08. The number of hydrogen-bond acceptors (Lipinski definition) is 2. The molecule has 0 radical (unpaired) electrons. The zero-order chi connectivity index (χ0) is 12.1. The lowest BCUT2D eigenvalue weighted by Gasteiger charge is -2.10. The molecule has 1 atom stereocenters. The van der Waals surface area contributed by atoms with Gasteiger partial charge in [0, 0.05) is 11.4 Å². The molecule has 0 aliphatic carbocycles. The molecule has 0 heterocycles. The molecule has 0 aromatic heterocycles. The molecule has 16 heavy (non-hydrogen) atoms. The second kappa shape index (κ2) is 5.50. The third kappa shape index (κ3) is 3.23. The van der Waals surface area contributed by atoms with E-state index in [9.17, 15) is 9.18 Å². The summed E-state index contributed by atoms with van der Waals surface area (Å²) in [6.07, 6.45) is 5.11. The largest absolute Gasteiger partial charge is 0.322 e. The number of anilines is 1. The van der Waals surface area contributed by atoms with Crippen LogP contribution in [-0.2, 0) is 4.79 Å². The first kappa shape index (κ1) is 12.5. The predicted molar refractivity (Wildman–Crippen MR) is 61.5 cm³/mol. The zero-order valence-corrected chi connectivity index (χ0v) is 9.09. The van der Waals surface area contributed by atoms with Crippen molar-refractivity contribution < 1.29 is 9.18 Å². The molecular weight excluding hydrogens is 231 g/mol. The Balaban J connectivity index is 2.74. The molecule has 3 nitrogen and oxygen atoms in total. The Hall–Kier alpha value is -1.57. The maximum Gasteiger partial charge on any atom is 0.242 e. The number of halogens is 2. The first-order valence-corrected chi connectivity index (χ1v) is 4.87. The van der Waals surface area contributed by atoms with Gasteiger partial charge in [0.15, 0.2) is 0 Å². The minimum atomic E-state index is -0.847. The third-order valence-electron chi connectivity index (χ3n) is 1.86. The highest BCUT2D eigenvalue weighted by molar-refractivity contribution is 6.30. The summed E-state index contributed by atoms with van der Waals surface area (Å²) in [5, 5.41) is 2.58. The lowest BCUT2D eigenvalue weighted by atomic mass is 10.2. The van der Waals surface area contributed by atoms with Crippen LogP contribution in [0.3, 0.4) is 0 Å². The van der Waals surface area contributed by atoms with Crippen molar-refractivity contribution in [3.05, 3.63) is 29.0 Å². The van der Waals surface area contributed by atoms with Crippen LogP contribution >= 0.6 is 11.6 Å². The molecule has 1 aromatic carbocycles. The van der Waals surface area contributed by atoms with Crippen LogP contribution in [-0.4, -0.2) is 11.9 Å². The van der Waals surface area contributed by atoms with Crippen LogP contribution in [0.2, 0.25) is 5.02 Å². The predicted octanol–water partition coefficient (Wildman–Crippen LogP) is 1.77. The molecule has 5 heteroatoms. The number of amides is 1. The second-order valence-corrected chi connectivity index (χ2v) is 3.56. The van der Waals surface area contributed by atoms with Gasteiger partial charge in [-0.25, -0.2) is 4.39 Å². The van der Waals surface area contributed by atoms with Crippen LogP contribution < -0.4 is 11.1 Å². The van der Waals surface area contributed by atoms with E-state index >= 15 is 0 Å². The lowest BCUT2D eigenvalue weighted by molar-refractivity contribution is -0.117. The molecule has 1 unspecified atom stereocenters. The average molecular weight is 241 g/mol. The van der Waals surface area contributed by atoms with E-state index in [1.807, 2.05) is 0 Å². The number of terminal acetylenes is 1. The zero-order valence-electron chi connectivity index (χ0n) is 8.34.